The van der Waals surface area contributed by atoms with Crippen LogP contribution >= 0.6 is 0 Å². The molecular formula is C10H20N2. The highest BCUT2D eigenvalue weighted by Gasteiger charge is 2.21. The van der Waals surface area contributed by atoms with Gasteiger partial charge in [0, 0.05) is 19.1 Å². The Kier molecular flexibility index (Phi) is 3.60. The first-order valence-corrected chi connectivity index (χ1v) is 4.77. The van der Waals surface area contributed by atoms with Gasteiger partial charge in [-0.25, -0.2) is 0 Å². The van der Waals surface area contributed by atoms with Gasteiger partial charge in [0.05, 0.1) is 0 Å². The van der Waals surface area contributed by atoms with Crippen LogP contribution in [0.2, 0.25) is 0 Å². The van der Waals surface area contributed by atoms with Gasteiger partial charge in [-0.3, -0.25) is 0 Å². The van der Waals surface area contributed by atoms with Crippen LogP contribution in [-0.2, 0) is 0 Å². The van der Waals surface area contributed by atoms with E-state index >= 15 is 0 Å². The van der Waals surface area contributed by atoms with Crippen molar-refractivity contribution in [3.05, 3.63) is 12.3 Å². The molecule has 0 aromatic heterocycles. The molecule has 0 saturated carbocycles. The lowest BCUT2D eigenvalue weighted by Gasteiger charge is -2.25. The van der Waals surface area contributed by atoms with Crippen LogP contribution in [0.5, 0.6) is 0 Å². The van der Waals surface area contributed by atoms with E-state index in [2.05, 4.69) is 43.1 Å². The lowest BCUT2D eigenvalue weighted by Crippen LogP contribution is -2.34. The van der Waals surface area contributed by atoms with E-state index in [-0.39, 0.29) is 0 Å². The van der Waals surface area contributed by atoms with Crippen LogP contribution in [0.4, 0.5) is 0 Å². The number of hydrogen-bond acceptors (Lipinski definition) is 2. The molecule has 0 amide bonds. The molecular weight excluding hydrogens is 148 g/mol. The second-order valence-corrected chi connectivity index (χ2v) is 3.78. The van der Waals surface area contributed by atoms with Crippen molar-refractivity contribution in [3.8, 4) is 0 Å². The molecule has 1 fully saturated rings. The van der Waals surface area contributed by atoms with Gasteiger partial charge >= 0.3 is 0 Å². The molecule has 2 nitrogen and oxygen atoms in total. The third kappa shape index (κ3) is 2.52. The largest absolute Gasteiger partial charge is 0.373 e. The van der Waals surface area contributed by atoms with Gasteiger partial charge in [0.25, 0.3) is 0 Å². The predicted octanol–water partition coefficient (Wildman–Crippen LogP) is 1.55. The molecule has 0 bridgehead atoms. The Balaban J connectivity index is 2.40. The summed E-state index contributed by atoms with van der Waals surface area (Å²) in [5.41, 5.74) is 0. The third-order valence-electron chi connectivity index (χ3n) is 2.34. The minimum Gasteiger partial charge on any atom is -0.373 e. The Morgan fingerprint density at radius 3 is 2.83 bits per heavy atom. The van der Waals surface area contributed by atoms with E-state index in [1.165, 1.54) is 25.9 Å². The van der Waals surface area contributed by atoms with E-state index in [0.29, 0.717) is 0 Å². The Bertz CT molecular complexity index is 152. The fourth-order valence-corrected chi connectivity index (χ4v) is 1.86. The number of nitrogens with zero attached hydrogens (tertiary/aromatic N) is 2. The van der Waals surface area contributed by atoms with Crippen molar-refractivity contribution in [2.24, 2.45) is 0 Å². The highest BCUT2D eigenvalue weighted by Crippen LogP contribution is 2.17. The Hall–Kier alpha value is -0.500. The maximum absolute atomic E-state index is 2.46. The van der Waals surface area contributed by atoms with E-state index in [1.54, 1.807) is 0 Å². The summed E-state index contributed by atoms with van der Waals surface area (Å²) < 4.78 is 0. The van der Waals surface area contributed by atoms with Crippen molar-refractivity contribution in [2.75, 3.05) is 27.2 Å². The second kappa shape index (κ2) is 4.51. The molecule has 12 heavy (non-hydrogen) atoms. The fourth-order valence-electron chi connectivity index (χ4n) is 1.86. The zero-order valence-electron chi connectivity index (χ0n) is 8.45. The zero-order chi connectivity index (χ0) is 8.97. The standard InChI is InChI=1S/C10H20N2/c1-4-7-12-8-5-6-10(12)9-11(2)3/h4,7,10H,5-6,8-9H2,1-3H3/b7-4+/t10-/m1/s1. The van der Waals surface area contributed by atoms with Gasteiger partial charge in [-0.15, -0.1) is 0 Å². The van der Waals surface area contributed by atoms with Crippen LogP contribution < -0.4 is 0 Å². The van der Waals surface area contributed by atoms with Gasteiger partial charge in [0.1, 0.15) is 0 Å². The molecule has 70 valence electrons. The van der Waals surface area contributed by atoms with E-state index in [9.17, 15) is 0 Å². The number of allylic oxidation sites excluding steroid dienone is 1. The summed E-state index contributed by atoms with van der Waals surface area (Å²) in [6.07, 6.45) is 7.06. The van der Waals surface area contributed by atoms with E-state index in [4.69, 9.17) is 0 Å². The van der Waals surface area contributed by atoms with Gasteiger partial charge in [0.2, 0.25) is 0 Å². The molecule has 0 N–H and O–H groups in total. The topological polar surface area (TPSA) is 6.48 Å². The smallest absolute Gasteiger partial charge is 0.0411 e. The van der Waals surface area contributed by atoms with Gasteiger partial charge in [-0.1, -0.05) is 6.08 Å². The first-order chi connectivity index (χ1) is 5.74. The molecule has 1 atom stereocenters. The molecule has 0 unspecified atom stereocenters. The molecule has 0 spiro atoms. The normalized spacial score (nSPS) is 24.7. The van der Waals surface area contributed by atoms with E-state index < -0.39 is 0 Å². The van der Waals surface area contributed by atoms with Crippen LogP contribution in [0.1, 0.15) is 19.8 Å². The first-order valence-electron chi connectivity index (χ1n) is 4.77. The van der Waals surface area contributed by atoms with E-state index in [1.807, 2.05) is 0 Å². The molecule has 1 heterocycles. The number of rotatable bonds is 3. The molecule has 1 aliphatic heterocycles. The lowest BCUT2D eigenvalue weighted by molar-refractivity contribution is 0.265. The average Bonchev–Trinajstić information content (AvgIpc) is 2.37. The fraction of sp³-hybridized carbons (Fsp3) is 0.800. The van der Waals surface area contributed by atoms with Crippen molar-refractivity contribution in [2.45, 2.75) is 25.8 Å². The van der Waals surface area contributed by atoms with Crippen LogP contribution in [0.25, 0.3) is 0 Å². The summed E-state index contributed by atoms with van der Waals surface area (Å²) in [6.45, 7) is 4.51. The Morgan fingerprint density at radius 2 is 2.25 bits per heavy atom. The SMILES string of the molecule is C/C=C/N1CCC[C@@H]1CN(C)C. The van der Waals surface area contributed by atoms with Gasteiger partial charge in [-0.2, -0.15) is 0 Å². The van der Waals surface area contributed by atoms with Crippen LogP contribution in [0.3, 0.4) is 0 Å². The molecule has 2 heteroatoms. The highest BCUT2D eigenvalue weighted by molar-refractivity contribution is 4.89. The molecule has 0 aromatic carbocycles. The molecule has 1 saturated heterocycles. The number of likely N-dealkylation sites (N-methyl/N-ethyl adjacent to an activating group) is 1. The van der Waals surface area contributed by atoms with Crippen LogP contribution in [0, 0.1) is 0 Å². The lowest BCUT2D eigenvalue weighted by atomic mass is 10.2. The van der Waals surface area contributed by atoms with Crippen molar-refractivity contribution < 1.29 is 0 Å². The van der Waals surface area contributed by atoms with Crippen molar-refractivity contribution in [1.29, 1.82) is 0 Å². The summed E-state index contributed by atoms with van der Waals surface area (Å²) >= 11 is 0. The summed E-state index contributed by atoms with van der Waals surface area (Å²) in [4.78, 5) is 4.73. The third-order valence-corrected chi connectivity index (χ3v) is 2.34. The maximum atomic E-state index is 2.46. The quantitative estimate of drug-likeness (QED) is 0.631. The highest BCUT2D eigenvalue weighted by atomic mass is 15.2. The van der Waals surface area contributed by atoms with Crippen LogP contribution in [0.15, 0.2) is 12.3 Å². The average molecular weight is 168 g/mol. The van der Waals surface area contributed by atoms with Crippen molar-refractivity contribution >= 4 is 0 Å². The zero-order valence-corrected chi connectivity index (χ0v) is 8.45. The molecule has 1 aliphatic rings. The summed E-state index contributed by atoms with van der Waals surface area (Å²) in [7, 11) is 4.29. The molecule has 0 radical (unpaired) electrons. The minimum absolute atomic E-state index is 0.746. The van der Waals surface area contributed by atoms with Crippen molar-refractivity contribution in [1.82, 2.24) is 9.80 Å². The Morgan fingerprint density at radius 1 is 1.50 bits per heavy atom. The van der Waals surface area contributed by atoms with Crippen LogP contribution in [-0.4, -0.2) is 43.0 Å². The second-order valence-electron chi connectivity index (χ2n) is 3.78. The Labute approximate surface area is 75.8 Å². The predicted molar refractivity (Wildman–Crippen MR) is 53.1 cm³/mol. The maximum Gasteiger partial charge on any atom is 0.0411 e. The molecule has 0 aliphatic carbocycles. The molecule has 1 rings (SSSR count). The monoisotopic (exact) mass is 168 g/mol. The first kappa shape index (κ1) is 9.59. The van der Waals surface area contributed by atoms with Crippen molar-refractivity contribution in [3.63, 3.8) is 0 Å². The summed E-state index contributed by atoms with van der Waals surface area (Å²) in [5.74, 6) is 0. The summed E-state index contributed by atoms with van der Waals surface area (Å²) in [6, 6.07) is 0.746. The number of likely N-dealkylation sites (tertiary alicyclic amines) is 1. The van der Waals surface area contributed by atoms with Gasteiger partial charge in [0.15, 0.2) is 0 Å². The van der Waals surface area contributed by atoms with E-state index in [0.717, 1.165) is 6.04 Å². The number of hydrogen-bond donors (Lipinski definition) is 0. The molecule has 0 aromatic rings. The minimum atomic E-state index is 0.746. The summed E-state index contributed by atoms with van der Waals surface area (Å²) in [5, 5.41) is 0. The van der Waals surface area contributed by atoms with Gasteiger partial charge in [-0.05, 0) is 40.1 Å². The van der Waals surface area contributed by atoms with Gasteiger partial charge < -0.3 is 9.80 Å².